The van der Waals surface area contributed by atoms with Crippen LogP contribution in [0.4, 0.5) is 10.1 Å². The number of rotatable bonds is 4. The highest BCUT2D eigenvalue weighted by atomic mass is 19.1. The van der Waals surface area contributed by atoms with Crippen molar-refractivity contribution in [1.29, 1.82) is 0 Å². The number of benzene rings is 2. The molecule has 0 saturated carbocycles. The molecule has 0 aliphatic rings. The molecule has 3 rings (SSSR count). The molecule has 4 N–H and O–H groups in total. The van der Waals surface area contributed by atoms with E-state index in [4.69, 9.17) is 5.73 Å². The molecule has 0 spiro atoms. The highest BCUT2D eigenvalue weighted by molar-refractivity contribution is 5.97. The number of aryl methyl sites for hydroxylation is 1. The van der Waals surface area contributed by atoms with Gasteiger partial charge in [0.2, 0.25) is 11.8 Å². The van der Waals surface area contributed by atoms with Crippen LogP contribution in [0.5, 0.6) is 0 Å². The van der Waals surface area contributed by atoms with E-state index in [9.17, 15) is 14.0 Å². The van der Waals surface area contributed by atoms with Crippen LogP contribution >= 0.6 is 0 Å². The summed E-state index contributed by atoms with van der Waals surface area (Å²) in [6, 6.07) is 10.8. The van der Waals surface area contributed by atoms with Crippen molar-refractivity contribution < 1.29 is 14.0 Å². The summed E-state index contributed by atoms with van der Waals surface area (Å²) in [4.78, 5) is 26.5. The number of amides is 2. The summed E-state index contributed by atoms with van der Waals surface area (Å²) in [7, 11) is 0. The van der Waals surface area contributed by atoms with Crippen molar-refractivity contribution in [2.75, 3.05) is 5.32 Å². The molecule has 0 unspecified atom stereocenters. The second-order valence-electron chi connectivity index (χ2n) is 5.59. The Hall–Kier alpha value is -3.15. The van der Waals surface area contributed by atoms with Crippen LogP contribution in [-0.2, 0) is 11.2 Å². The standard InChI is InChI=1S/C18H16FN3O2/c1-10-14(15-8-12(19)4-7-16(15)21-10)9-17(23)22-13-5-2-11(3-6-13)18(20)24/h2-8,21H,9H2,1H3,(H2,20,24)(H,22,23). The minimum Gasteiger partial charge on any atom is -0.366 e. The largest absolute Gasteiger partial charge is 0.366 e. The van der Waals surface area contributed by atoms with E-state index < -0.39 is 5.91 Å². The maximum Gasteiger partial charge on any atom is 0.248 e. The molecule has 122 valence electrons. The molecular weight excluding hydrogens is 309 g/mol. The Bertz CT molecular complexity index is 929. The molecule has 0 radical (unpaired) electrons. The van der Waals surface area contributed by atoms with E-state index in [2.05, 4.69) is 10.3 Å². The van der Waals surface area contributed by atoms with Crippen molar-refractivity contribution in [3.63, 3.8) is 0 Å². The van der Waals surface area contributed by atoms with Gasteiger partial charge in [-0.05, 0) is 55.0 Å². The van der Waals surface area contributed by atoms with Crippen LogP contribution in [-0.4, -0.2) is 16.8 Å². The molecule has 24 heavy (non-hydrogen) atoms. The van der Waals surface area contributed by atoms with Crippen LogP contribution in [0.15, 0.2) is 42.5 Å². The number of hydrogen-bond acceptors (Lipinski definition) is 2. The van der Waals surface area contributed by atoms with Crippen LogP contribution in [0.2, 0.25) is 0 Å². The molecular formula is C18H16FN3O2. The van der Waals surface area contributed by atoms with Gasteiger partial charge in [-0.3, -0.25) is 9.59 Å². The van der Waals surface area contributed by atoms with Gasteiger partial charge in [-0.2, -0.15) is 0 Å². The van der Waals surface area contributed by atoms with Crippen molar-refractivity contribution >= 4 is 28.4 Å². The fraction of sp³-hybridized carbons (Fsp3) is 0.111. The Morgan fingerprint density at radius 3 is 2.54 bits per heavy atom. The van der Waals surface area contributed by atoms with E-state index >= 15 is 0 Å². The quantitative estimate of drug-likeness (QED) is 0.688. The number of H-pyrrole nitrogens is 1. The van der Waals surface area contributed by atoms with Gasteiger partial charge in [-0.25, -0.2) is 4.39 Å². The SMILES string of the molecule is Cc1[nH]c2ccc(F)cc2c1CC(=O)Nc1ccc(C(N)=O)cc1. The van der Waals surface area contributed by atoms with Gasteiger partial charge in [-0.1, -0.05) is 0 Å². The van der Waals surface area contributed by atoms with Crippen LogP contribution in [0.25, 0.3) is 10.9 Å². The van der Waals surface area contributed by atoms with Crippen molar-refractivity contribution in [2.24, 2.45) is 5.73 Å². The van der Waals surface area contributed by atoms with Crippen LogP contribution in [0.1, 0.15) is 21.6 Å². The zero-order chi connectivity index (χ0) is 17.3. The molecule has 1 heterocycles. The molecule has 0 aliphatic heterocycles. The van der Waals surface area contributed by atoms with E-state index in [1.807, 2.05) is 6.92 Å². The van der Waals surface area contributed by atoms with Crippen molar-refractivity contribution in [2.45, 2.75) is 13.3 Å². The smallest absolute Gasteiger partial charge is 0.248 e. The third kappa shape index (κ3) is 3.12. The molecule has 0 saturated heterocycles. The second kappa shape index (κ2) is 6.16. The number of anilines is 1. The molecule has 3 aromatic rings. The first-order valence-electron chi connectivity index (χ1n) is 7.40. The Kier molecular flexibility index (Phi) is 4.04. The highest BCUT2D eigenvalue weighted by Gasteiger charge is 2.13. The average molecular weight is 325 g/mol. The third-order valence-electron chi connectivity index (χ3n) is 3.87. The van der Waals surface area contributed by atoms with Gasteiger partial charge in [0.05, 0.1) is 6.42 Å². The van der Waals surface area contributed by atoms with Crippen molar-refractivity contribution in [3.8, 4) is 0 Å². The number of nitrogens with two attached hydrogens (primary N) is 1. The van der Waals surface area contributed by atoms with Gasteiger partial charge < -0.3 is 16.0 Å². The van der Waals surface area contributed by atoms with Crippen LogP contribution in [0.3, 0.4) is 0 Å². The molecule has 0 bridgehead atoms. The summed E-state index contributed by atoms with van der Waals surface area (Å²) in [6.07, 6.45) is 0.118. The first-order chi connectivity index (χ1) is 11.4. The Morgan fingerprint density at radius 2 is 1.88 bits per heavy atom. The predicted molar refractivity (Wildman–Crippen MR) is 90.3 cm³/mol. The molecule has 1 aromatic heterocycles. The molecule has 6 heteroatoms. The summed E-state index contributed by atoms with van der Waals surface area (Å²) >= 11 is 0. The van der Waals surface area contributed by atoms with Crippen molar-refractivity contribution in [1.82, 2.24) is 4.98 Å². The minimum absolute atomic E-state index is 0.118. The maximum absolute atomic E-state index is 13.5. The number of carbonyl (C=O) groups excluding carboxylic acids is 2. The van der Waals surface area contributed by atoms with Gasteiger partial charge >= 0.3 is 0 Å². The summed E-state index contributed by atoms with van der Waals surface area (Å²) in [5, 5.41) is 3.45. The summed E-state index contributed by atoms with van der Waals surface area (Å²) in [5.41, 5.74) is 8.49. The first-order valence-corrected chi connectivity index (χ1v) is 7.40. The fourth-order valence-electron chi connectivity index (χ4n) is 2.67. The highest BCUT2D eigenvalue weighted by Crippen LogP contribution is 2.24. The van der Waals surface area contributed by atoms with Gasteiger partial charge in [0.25, 0.3) is 0 Å². The molecule has 0 aliphatic carbocycles. The molecule has 0 fully saturated rings. The fourth-order valence-corrected chi connectivity index (χ4v) is 2.67. The van der Waals surface area contributed by atoms with E-state index in [-0.39, 0.29) is 18.1 Å². The van der Waals surface area contributed by atoms with Gasteiger partial charge in [-0.15, -0.1) is 0 Å². The summed E-state index contributed by atoms with van der Waals surface area (Å²) in [5.74, 6) is -1.09. The topological polar surface area (TPSA) is 88.0 Å². The normalized spacial score (nSPS) is 10.8. The Labute approximate surface area is 137 Å². The van der Waals surface area contributed by atoms with Gasteiger partial charge in [0, 0.05) is 27.8 Å². The molecule has 5 nitrogen and oxygen atoms in total. The van der Waals surface area contributed by atoms with E-state index in [0.29, 0.717) is 16.6 Å². The maximum atomic E-state index is 13.5. The lowest BCUT2D eigenvalue weighted by molar-refractivity contribution is -0.115. The number of carbonyl (C=O) groups is 2. The zero-order valence-electron chi connectivity index (χ0n) is 13.0. The first kappa shape index (κ1) is 15.7. The monoisotopic (exact) mass is 325 g/mol. The number of hydrogen-bond donors (Lipinski definition) is 3. The van der Waals surface area contributed by atoms with Gasteiger partial charge in [0.1, 0.15) is 5.82 Å². The number of aromatic amines is 1. The lowest BCUT2D eigenvalue weighted by Gasteiger charge is -2.06. The van der Waals surface area contributed by atoms with Crippen LogP contribution < -0.4 is 11.1 Å². The van der Waals surface area contributed by atoms with E-state index in [1.54, 1.807) is 30.3 Å². The molecule has 0 atom stereocenters. The Balaban J connectivity index is 1.78. The summed E-state index contributed by atoms with van der Waals surface area (Å²) in [6.45, 7) is 1.85. The number of halogens is 1. The number of nitrogens with one attached hydrogen (secondary N) is 2. The number of fused-ring (bicyclic) bond motifs is 1. The lowest BCUT2D eigenvalue weighted by Crippen LogP contribution is -2.15. The number of primary amides is 1. The van der Waals surface area contributed by atoms with Crippen LogP contribution in [0, 0.1) is 12.7 Å². The zero-order valence-corrected chi connectivity index (χ0v) is 13.0. The van der Waals surface area contributed by atoms with E-state index in [1.165, 1.54) is 12.1 Å². The minimum atomic E-state index is -0.524. The predicted octanol–water partition coefficient (Wildman–Crippen LogP) is 2.90. The average Bonchev–Trinajstić information content (AvgIpc) is 2.83. The number of aromatic nitrogens is 1. The molecule has 2 aromatic carbocycles. The third-order valence-corrected chi connectivity index (χ3v) is 3.87. The van der Waals surface area contributed by atoms with Gasteiger partial charge in [0.15, 0.2) is 0 Å². The molecule has 2 amide bonds. The van der Waals surface area contributed by atoms with Crippen molar-refractivity contribution in [3.05, 3.63) is 65.1 Å². The Morgan fingerprint density at radius 1 is 1.17 bits per heavy atom. The summed E-state index contributed by atoms with van der Waals surface area (Å²) < 4.78 is 13.5. The second-order valence-corrected chi connectivity index (χ2v) is 5.59. The van der Waals surface area contributed by atoms with E-state index in [0.717, 1.165) is 16.8 Å². The lowest BCUT2D eigenvalue weighted by atomic mass is 10.1.